The van der Waals surface area contributed by atoms with Crippen molar-refractivity contribution in [1.82, 2.24) is 9.80 Å². The second kappa shape index (κ2) is 10.3. The molecule has 3 atom stereocenters. The Balaban J connectivity index is 1.95. The Morgan fingerprint density at radius 2 is 1.91 bits per heavy atom. The first-order valence-electron chi connectivity index (χ1n) is 11.3. The van der Waals surface area contributed by atoms with E-state index in [4.69, 9.17) is 9.47 Å². The zero-order chi connectivity index (χ0) is 23.4. The van der Waals surface area contributed by atoms with Crippen LogP contribution in [0.1, 0.15) is 50.4 Å². The third kappa shape index (κ3) is 5.41. The van der Waals surface area contributed by atoms with Gasteiger partial charge in [0.2, 0.25) is 11.8 Å². The first-order valence-corrected chi connectivity index (χ1v) is 11.3. The lowest BCUT2D eigenvalue weighted by Gasteiger charge is -2.39. The van der Waals surface area contributed by atoms with Gasteiger partial charge in [0.15, 0.2) is 0 Å². The van der Waals surface area contributed by atoms with Crippen LogP contribution in [0.15, 0.2) is 18.2 Å². The number of ether oxygens (including phenoxy) is 2. The number of rotatable bonds is 3. The summed E-state index contributed by atoms with van der Waals surface area (Å²) in [5.74, 6) is 0.309. The van der Waals surface area contributed by atoms with Crippen molar-refractivity contribution in [1.29, 1.82) is 0 Å². The molecule has 1 heterocycles. The van der Waals surface area contributed by atoms with Crippen LogP contribution in [0.2, 0.25) is 0 Å². The Morgan fingerprint density at radius 1 is 1.19 bits per heavy atom. The van der Waals surface area contributed by atoms with E-state index in [-0.39, 0.29) is 48.3 Å². The minimum Gasteiger partial charge on any atom is -0.491 e. The molecule has 2 aliphatic rings. The molecule has 0 radical (unpaired) electrons. The molecule has 3 amide bonds. The number of carbonyl (C=O) groups is 3. The van der Waals surface area contributed by atoms with Gasteiger partial charge in [-0.15, -0.1) is 0 Å². The highest BCUT2D eigenvalue weighted by Crippen LogP contribution is 2.31. The van der Waals surface area contributed by atoms with Gasteiger partial charge in [-0.25, -0.2) is 0 Å². The van der Waals surface area contributed by atoms with Crippen molar-refractivity contribution in [2.24, 2.45) is 11.8 Å². The standard InChI is InChI=1S/C24H35N3O5/c1-15-12-27(23(29)18-7-6-8-18)16(2)14-32-21-10-9-19(25-17(3)28)11-20(21)24(30)26(4)13-22(15)31-5/h9-11,15-16,18,22H,6-8,12-14H2,1-5H3,(H,25,28)/t15-,16+,22-/m0/s1. The predicted octanol–water partition coefficient (Wildman–Crippen LogP) is 2.78. The van der Waals surface area contributed by atoms with Crippen LogP contribution in [0.4, 0.5) is 5.69 Å². The van der Waals surface area contributed by atoms with Crippen molar-refractivity contribution in [2.45, 2.75) is 52.2 Å². The van der Waals surface area contributed by atoms with Gasteiger partial charge >= 0.3 is 0 Å². The Bertz CT molecular complexity index is 854. The van der Waals surface area contributed by atoms with Crippen molar-refractivity contribution in [2.75, 3.05) is 39.2 Å². The maximum atomic E-state index is 13.3. The molecule has 0 unspecified atom stereocenters. The maximum Gasteiger partial charge on any atom is 0.257 e. The number of benzene rings is 1. The van der Waals surface area contributed by atoms with E-state index in [1.807, 2.05) is 11.8 Å². The van der Waals surface area contributed by atoms with Crippen LogP contribution in [0, 0.1) is 11.8 Å². The summed E-state index contributed by atoms with van der Waals surface area (Å²) in [6, 6.07) is 4.88. The van der Waals surface area contributed by atoms with Crippen LogP contribution in [0.25, 0.3) is 0 Å². The summed E-state index contributed by atoms with van der Waals surface area (Å²) in [4.78, 5) is 41.5. The van der Waals surface area contributed by atoms with Gasteiger partial charge in [0.25, 0.3) is 5.91 Å². The Morgan fingerprint density at radius 3 is 2.50 bits per heavy atom. The summed E-state index contributed by atoms with van der Waals surface area (Å²) >= 11 is 0. The van der Waals surface area contributed by atoms with Gasteiger partial charge in [0.1, 0.15) is 12.4 Å². The summed E-state index contributed by atoms with van der Waals surface area (Å²) in [6.07, 6.45) is 2.76. The summed E-state index contributed by atoms with van der Waals surface area (Å²) in [7, 11) is 3.36. The van der Waals surface area contributed by atoms with E-state index in [0.717, 1.165) is 19.3 Å². The highest BCUT2D eigenvalue weighted by Gasteiger charge is 2.35. The number of likely N-dealkylation sites (N-methyl/N-ethyl adjacent to an activating group) is 1. The summed E-state index contributed by atoms with van der Waals surface area (Å²) in [5.41, 5.74) is 0.895. The second-order valence-electron chi connectivity index (χ2n) is 9.11. The average Bonchev–Trinajstić information content (AvgIpc) is 2.71. The molecule has 8 heteroatoms. The van der Waals surface area contributed by atoms with Crippen LogP contribution in [0.3, 0.4) is 0 Å². The van der Waals surface area contributed by atoms with Gasteiger partial charge in [0.05, 0.1) is 17.7 Å². The van der Waals surface area contributed by atoms with Crippen molar-refractivity contribution in [3.8, 4) is 5.75 Å². The first-order chi connectivity index (χ1) is 15.2. The van der Waals surface area contributed by atoms with E-state index in [9.17, 15) is 14.4 Å². The lowest BCUT2D eigenvalue weighted by atomic mass is 9.83. The molecule has 0 saturated heterocycles. The fraction of sp³-hybridized carbons (Fsp3) is 0.625. The summed E-state index contributed by atoms with van der Waals surface area (Å²) in [5, 5.41) is 2.72. The minimum absolute atomic E-state index is 0.0336. The number of nitrogens with one attached hydrogen (secondary N) is 1. The van der Waals surface area contributed by atoms with E-state index in [2.05, 4.69) is 12.2 Å². The van der Waals surface area contributed by atoms with Crippen LogP contribution >= 0.6 is 0 Å². The minimum atomic E-state index is -0.227. The molecule has 1 saturated carbocycles. The third-order valence-electron chi connectivity index (χ3n) is 6.50. The van der Waals surface area contributed by atoms with Gasteiger partial charge in [0, 0.05) is 51.7 Å². The molecular formula is C24H35N3O5. The number of nitrogens with zero attached hydrogens (tertiary/aromatic N) is 2. The Labute approximate surface area is 190 Å². The monoisotopic (exact) mass is 445 g/mol. The smallest absolute Gasteiger partial charge is 0.257 e. The van der Waals surface area contributed by atoms with Gasteiger partial charge in [-0.1, -0.05) is 13.3 Å². The largest absolute Gasteiger partial charge is 0.491 e. The highest BCUT2D eigenvalue weighted by molar-refractivity contribution is 5.99. The van der Waals surface area contributed by atoms with E-state index in [1.165, 1.54) is 6.92 Å². The van der Waals surface area contributed by atoms with E-state index in [0.29, 0.717) is 30.1 Å². The number of hydrogen-bond donors (Lipinski definition) is 1. The number of fused-ring (bicyclic) bond motifs is 1. The molecule has 8 nitrogen and oxygen atoms in total. The van der Waals surface area contributed by atoms with Gasteiger partial charge < -0.3 is 24.6 Å². The van der Waals surface area contributed by atoms with Gasteiger partial charge in [-0.2, -0.15) is 0 Å². The molecule has 1 aromatic rings. The molecule has 32 heavy (non-hydrogen) atoms. The van der Waals surface area contributed by atoms with Gasteiger partial charge in [-0.05, 0) is 38.0 Å². The van der Waals surface area contributed by atoms with Crippen LogP contribution in [-0.2, 0) is 14.3 Å². The number of anilines is 1. The summed E-state index contributed by atoms with van der Waals surface area (Å²) < 4.78 is 11.8. The lowest BCUT2D eigenvalue weighted by Crippen LogP contribution is -2.51. The Kier molecular flexibility index (Phi) is 7.77. The quantitative estimate of drug-likeness (QED) is 0.773. The molecule has 0 bridgehead atoms. The number of methoxy groups -OCH3 is 1. The average molecular weight is 446 g/mol. The summed E-state index contributed by atoms with van der Waals surface area (Å²) in [6.45, 7) is 6.65. The van der Waals surface area contributed by atoms with Crippen LogP contribution < -0.4 is 10.1 Å². The fourth-order valence-corrected chi connectivity index (χ4v) is 4.25. The maximum absolute atomic E-state index is 13.3. The van der Waals surface area contributed by atoms with E-state index < -0.39 is 0 Å². The normalized spacial score (nSPS) is 25.0. The SMILES string of the molecule is CO[C@H]1CN(C)C(=O)c2cc(NC(C)=O)ccc2OC[C@@H](C)N(C(=O)C2CCC2)C[C@@H]1C. The molecule has 0 spiro atoms. The first kappa shape index (κ1) is 24.0. The fourth-order valence-electron chi connectivity index (χ4n) is 4.25. The number of hydrogen-bond acceptors (Lipinski definition) is 5. The lowest BCUT2D eigenvalue weighted by molar-refractivity contribution is -0.142. The van der Waals surface area contributed by atoms with E-state index in [1.54, 1.807) is 37.3 Å². The molecule has 3 rings (SSSR count). The molecule has 176 valence electrons. The molecular weight excluding hydrogens is 410 g/mol. The van der Waals surface area contributed by atoms with Crippen molar-refractivity contribution >= 4 is 23.4 Å². The molecule has 1 N–H and O–H groups in total. The van der Waals surface area contributed by atoms with Crippen molar-refractivity contribution in [3.05, 3.63) is 23.8 Å². The number of carbonyl (C=O) groups excluding carboxylic acids is 3. The van der Waals surface area contributed by atoms with Crippen LogP contribution in [0.5, 0.6) is 5.75 Å². The topological polar surface area (TPSA) is 88.2 Å². The second-order valence-corrected chi connectivity index (χ2v) is 9.11. The highest BCUT2D eigenvalue weighted by atomic mass is 16.5. The zero-order valence-corrected chi connectivity index (χ0v) is 19.7. The molecule has 1 aliphatic heterocycles. The van der Waals surface area contributed by atoms with Crippen molar-refractivity contribution in [3.63, 3.8) is 0 Å². The molecule has 1 aliphatic carbocycles. The molecule has 1 fully saturated rings. The van der Waals surface area contributed by atoms with Gasteiger partial charge in [-0.3, -0.25) is 14.4 Å². The van der Waals surface area contributed by atoms with E-state index >= 15 is 0 Å². The third-order valence-corrected chi connectivity index (χ3v) is 6.50. The number of amides is 3. The molecule has 1 aromatic carbocycles. The van der Waals surface area contributed by atoms with Crippen LogP contribution in [-0.4, -0.2) is 73.5 Å². The zero-order valence-electron chi connectivity index (χ0n) is 19.7. The van der Waals surface area contributed by atoms with Crippen molar-refractivity contribution < 1.29 is 23.9 Å². The molecule has 0 aromatic heterocycles. The Hall–Kier alpha value is -2.61. The predicted molar refractivity (Wildman–Crippen MR) is 122 cm³/mol.